The topological polar surface area (TPSA) is 44.4 Å². The number of nitrogens with one attached hydrogen (secondary N) is 2. The number of hydrogen-bond donors (Lipinski definition) is 2. The zero-order valence-corrected chi connectivity index (χ0v) is 15.1. The summed E-state index contributed by atoms with van der Waals surface area (Å²) in [5, 5.41) is 6.13. The second kappa shape index (κ2) is 8.29. The summed E-state index contributed by atoms with van der Waals surface area (Å²) in [7, 11) is 0. The second-order valence-electron chi connectivity index (χ2n) is 6.82. The summed E-state index contributed by atoms with van der Waals surface area (Å²) in [5.41, 5.74) is 2.14. The van der Waals surface area contributed by atoms with Gasteiger partial charge in [-0.25, -0.2) is 0 Å². The molecule has 4 nitrogen and oxygen atoms in total. The van der Waals surface area contributed by atoms with Crippen LogP contribution < -0.4 is 15.5 Å². The van der Waals surface area contributed by atoms with Gasteiger partial charge in [-0.05, 0) is 61.2 Å². The van der Waals surface area contributed by atoms with Gasteiger partial charge in [0.25, 0.3) is 0 Å². The number of piperidine rings is 1. The molecule has 126 valence electrons. The van der Waals surface area contributed by atoms with Crippen LogP contribution in [-0.2, 0) is 4.79 Å². The van der Waals surface area contributed by atoms with E-state index in [-0.39, 0.29) is 5.91 Å². The van der Waals surface area contributed by atoms with Crippen molar-refractivity contribution in [2.75, 3.05) is 23.3 Å². The third-order valence-electron chi connectivity index (χ3n) is 4.12. The molecule has 1 aromatic rings. The Labute approximate surface area is 144 Å². The molecule has 0 radical (unpaired) electrons. The molecule has 0 atom stereocenters. The molecule has 1 fully saturated rings. The number of carbonyl (C=O) groups excluding carboxylic acids is 1. The Morgan fingerprint density at radius 1 is 1.26 bits per heavy atom. The molecule has 0 unspecified atom stereocenters. The largest absolute Gasteiger partial charge is 0.372 e. The Bertz CT molecular complexity index is 534. The fraction of sp³-hybridized carbons (Fsp3) is 0.556. The lowest BCUT2D eigenvalue weighted by Gasteiger charge is -2.32. The van der Waals surface area contributed by atoms with E-state index < -0.39 is 0 Å². The highest BCUT2D eigenvalue weighted by Gasteiger charge is 2.15. The predicted molar refractivity (Wildman–Crippen MR) is 101 cm³/mol. The number of nitrogens with zero attached hydrogens (tertiary/aromatic N) is 1. The van der Waals surface area contributed by atoms with Gasteiger partial charge in [-0.1, -0.05) is 20.8 Å². The lowest BCUT2D eigenvalue weighted by Crippen LogP contribution is -2.34. The fourth-order valence-electron chi connectivity index (χ4n) is 2.73. The SMILES string of the molecule is CC(C)CC(=O)NC(=S)Nc1ccc(N2CCC(C)CC2)cc1. The van der Waals surface area contributed by atoms with Crippen LogP contribution in [0.4, 0.5) is 11.4 Å². The minimum atomic E-state index is -0.0449. The van der Waals surface area contributed by atoms with Crippen LogP contribution in [0.2, 0.25) is 0 Å². The van der Waals surface area contributed by atoms with Crippen molar-refractivity contribution >= 4 is 34.6 Å². The molecule has 1 aromatic carbocycles. The maximum atomic E-state index is 11.7. The lowest BCUT2D eigenvalue weighted by atomic mass is 9.99. The predicted octanol–water partition coefficient (Wildman–Crippen LogP) is 3.78. The first kappa shape index (κ1) is 17.7. The van der Waals surface area contributed by atoms with Crippen molar-refractivity contribution < 1.29 is 4.79 Å². The second-order valence-corrected chi connectivity index (χ2v) is 7.22. The van der Waals surface area contributed by atoms with Crippen LogP contribution in [-0.4, -0.2) is 24.1 Å². The van der Waals surface area contributed by atoms with Gasteiger partial charge in [0.2, 0.25) is 5.91 Å². The molecule has 0 spiro atoms. The van der Waals surface area contributed by atoms with E-state index in [2.05, 4.69) is 34.6 Å². The Morgan fingerprint density at radius 3 is 2.43 bits per heavy atom. The molecule has 2 N–H and O–H groups in total. The van der Waals surface area contributed by atoms with Crippen LogP contribution >= 0.6 is 12.2 Å². The molecule has 23 heavy (non-hydrogen) atoms. The number of anilines is 2. The molecule has 0 aliphatic carbocycles. The molecular formula is C18H27N3OS. The lowest BCUT2D eigenvalue weighted by molar-refractivity contribution is -0.120. The average molecular weight is 334 g/mol. The Morgan fingerprint density at radius 2 is 1.87 bits per heavy atom. The summed E-state index contributed by atoms with van der Waals surface area (Å²) in [6.07, 6.45) is 2.99. The van der Waals surface area contributed by atoms with Gasteiger partial charge in [0.1, 0.15) is 0 Å². The third kappa shape index (κ3) is 5.82. The van der Waals surface area contributed by atoms with Gasteiger partial charge in [0, 0.05) is 30.9 Å². The normalized spacial score (nSPS) is 15.6. The monoisotopic (exact) mass is 333 g/mol. The van der Waals surface area contributed by atoms with Gasteiger partial charge in [0.05, 0.1) is 0 Å². The van der Waals surface area contributed by atoms with Gasteiger partial charge in [0.15, 0.2) is 5.11 Å². The van der Waals surface area contributed by atoms with Crippen molar-refractivity contribution in [2.45, 2.75) is 40.0 Å². The first-order valence-electron chi connectivity index (χ1n) is 8.40. The molecule has 1 aliphatic rings. The minimum absolute atomic E-state index is 0.0449. The van der Waals surface area contributed by atoms with Gasteiger partial charge in [-0.15, -0.1) is 0 Å². The number of benzene rings is 1. The maximum Gasteiger partial charge on any atom is 0.226 e. The van der Waals surface area contributed by atoms with E-state index >= 15 is 0 Å². The highest BCUT2D eigenvalue weighted by molar-refractivity contribution is 7.80. The summed E-state index contributed by atoms with van der Waals surface area (Å²) in [6, 6.07) is 8.23. The third-order valence-corrected chi connectivity index (χ3v) is 4.32. The van der Waals surface area contributed by atoms with Gasteiger partial charge in [-0.3, -0.25) is 4.79 Å². The van der Waals surface area contributed by atoms with Gasteiger partial charge in [-0.2, -0.15) is 0 Å². The summed E-state index contributed by atoms with van der Waals surface area (Å²) >= 11 is 5.18. The van der Waals surface area contributed by atoms with Crippen LogP contribution in [0, 0.1) is 11.8 Å². The smallest absolute Gasteiger partial charge is 0.226 e. The highest BCUT2D eigenvalue weighted by Crippen LogP contribution is 2.24. The minimum Gasteiger partial charge on any atom is -0.372 e. The molecule has 1 aliphatic heterocycles. The Hall–Kier alpha value is -1.62. The zero-order valence-electron chi connectivity index (χ0n) is 14.3. The molecule has 0 bridgehead atoms. The number of rotatable bonds is 4. The Kier molecular flexibility index (Phi) is 6.39. The number of hydrogen-bond acceptors (Lipinski definition) is 3. The first-order valence-corrected chi connectivity index (χ1v) is 8.80. The maximum absolute atomic E-state index is 11.7. The first-order chi connectivity index (χ1) is 10.9. The molecular weight excluding hydrogens is 306 g/mol. The van der Waals surface area contributed by atoms with E-state index in [1.54, 1.807) is 0 Å². The number of amides is 1. The van der Waals surface area contributed by atoms with Gasteiger partial charge < -0.3 is 15.5 Å². The average Bonchev–Trinajstić information content (AvgIpc) is 2.48. The van der Waals surface area contributed by atoms with Crippen LogP contribution in [0.1, 0.15) is 40.0 Å². The van der Waals surface area contributed by atoms with E-state index in [0.29, 0.717) is 17.5 Å². The van der Waals surface area contributed by atoms with E-state index in [1.807, 2.05) is 26.0 Å². The molecule has 1 amide bonds. The van der Waals surface area contributed by atoms with Crippen LogP contribution in [0.15, 0.2) is 24.3 Å². The highest BCUT2D eigenvalue weighted by atomic mass is 32.1. The van der Waals surface area contributed by atoms with E-state index in [9.17, 15) is 4.79 Å². The number of thiocarbonyl (C=S) groups is 1. The van der Waals surface area contributed by atoms with E-state index in [0.717, 1.165) is 24.7 Å². The molecule has 0 aromatic heterocycles. The van der Waals surface area contributed by atoms with Crippen molar-refractivity contribution in [3.63, 3.8) is 0 Å². The molecule has 0 saturated carbocycles. The van der Waals surface area contributed by atoms with Crippen LogP contribution in [0.3, 0.4) is 0 Å². The molecule has 1 saturated heterocycles. The quantitative estimate of drug-likeness (QED) is 0.823. The van der Waals surface area contributed by atoms with E-state index in [1.165, 1.54) is 18.5 Å². The zero-order chi connectivity index (χ0) is 16.8. The van der Waals surface area contributed by atoms with Crippen molar-refractivity contribution in [1.29, 1.82) is 0 Å². The molecule has 2 rings (SSSR count). The van der Waals surface area contributed by atoms with Crippen molar-refractivity contribution in [1.82, 2.24) is 5.32 Å². The van der Waals surface area contributed by atoms with E-state index in [4.69, 9.17) is 12.2 Å². The molecule has 5 heteroatoms. The van der Waals surface area contributed by atoms with Crippen LogP contribution in [0.25, 0.3) is 0 Å². The number of carbonyl (C=O) groups is 1. The van der Waals surface area contributed by atoms with Crippen LogP contribution in [0.5, 0.6) is 0 Å². The van der Waals surface area contributed by atoms with Crippen molar-refractivity contribution in [3.8, 4) is 0 Å². The summed E-state index contributed by atoms with van der Waals surface area (Å²) in [5.74, 6) is 1.11. The Balaban J connectivity index is 1.85. The summed E-state index contributed by atoms with van der Waals surface area (Å²) < 4.78 is 0. The molecule has 1 heterocycles. The van der Waals surface area contributed by atoms with Gasteiger partial charge >= 0.3 is 0 Å². The summed E-state index contributed by atoms with van der Waals surface area (Å²) in [6.45, 7) is 8.58. The fourth-order valence-corrected chi connectivity index (χ4v) is 2.96. The summed E-state index contributed by atoms with van der Waals surface area (Å²) in [4.78, 5) is 14.1. The standard InChI is InChI=1S/C18H27N3OS/c1-13(2)12-17(22)20-18(23)19-15-4-6-16(7-5-15)21-10-8-14(3)9-11-21/h4-7,13-14H,8-12H2,1-3H3,(H2,19,20,22,23). The van der Waals surface area contributed by atoms with Crippen molar-refractivity contribution in [3.05, 3.63) is 24.3 Å². The van der Waals surface area contributed by atoms with Crippen molar-refractivity contribution in [2.24, 2.45) is 11.8 Å².